The second kappa shape index (κ2) is 8.55. The van der Waals surface area contributed by atoms with Gasteiger partial charge in [0.1, 0.15) is 18.0 Å². The van der Waals surface area contributed by atoms with Crippen molar-refractivity contribution in [1.29, 1.82) is 0 Å². The van der Waals surface area contributed by atoms with Crippen LogP contribution < -0.4 is 5.63 Å². The molecule has 0 aliphatic heterocycles. The van der Waals surface area contributed by atoms with Crippen LogP contribution in [0.2, 0.25) is 0 Å². The van der Waals surface area contributed by atoms with Crippen LogP contribution in [0.1, 0.15) is 37.8 Å². The predicted octanol–water partition coefficient (Wildman–Crippen LogP) is 2.91. The second-order valence-electron chi connectivity index (χ2n) is 7.57. The summed E-state index contributed by atoms with van der Waals surface area (Å²) in [7, 11) is 0. The summed E-state index contributed by atoms with van der Waals surface area (Å²) in [5.41, 5.74) is 1.41. The van der Waals surface area contributed by atoms with Gasteiger partial charge < -0.3 is 9.15 Å². The lowest BCUT2D eigenvalue weighted by Gasteiger charge is -2.17. The van der Waals surface area contributed by atoms with E-state index < -0.39 is 28.4 Å². The first-order chi connectivity index (χ1) is 13.8. The highest BCUT2D eigenvalue weighted by Gasteiger charge is 2.44. The molecule has 1 aliphatic carbocycles. The molecule has 0 bridgehead atoms. The van der Waals surface area contributed by atoms with Gasteiger partial charge in [0.15, 0.2) is 0 Å². The van der Waals surface area contributed by atoms with E-state index in [9.17, 15) is 24.5 Å². The summed E-state index contributed by atoms with van der Waals surface area (Å²) in [5, 5.41) is 11.6. The Bertz CT molecular complexity index is 1010. The zero-order valence-corrected chi connectivity index (χ0v) is 16.4. The molecule has 8 nitrogen and oxygen atoms in total. The molecule has 0 radical (unpaired) electrons. The van der Waals surface area contributed by atoms with Crippen LogP contribution in [-0.2, 0) is 27.4 Å². The molecular formula is C21H23NO7. The van der Waals surface area contributed by atoms with Crippen LogP contribution in [0.4, 0.5) is 0 Å². The van der Waals surface area contributed by atoms with Crippen molar-refractivity contribution in [2.75, 3.05) is 6.54 Å². The zero-order chi connectivity index (χ0) is 21.1. The van der Waals surface area contributed by atoms with E-state index in [0.29, 0.717) is 16.5 Å². The Hall–Kier alpha value is -3.03. The molecule has 1 saturated carbocycles. The Kier molecular flexibility index (Phi) is 6.10. The van der Waals surface area contributed by atoms with Crippen molar-refractivity contribution in [2.45, 2.75) is 39.7 Å². The third kappa shape index (κ3) is 4.70. The maximum absolute atomic E-state index is 12.3. The first kappa shape index (κ1) is 20.7. The number of hydrogen-bond acceptors (Lipinski definition) is 7. The van der Waals surface area contributed by atoms with Gasteiger partial charge in [0.05, 0.1) is 6.42 Å². The molecule has 0 spiro atoms. The lowest BCUT2D eigenvalue weighted by atomic mass is 9.88. The topological polar surface area (TPSA) is 117 Å². The average Bonchev–Trinajstić information content (AvgIpc) is 2.91. The van der Waals surface area contributed by atoms with Crippen molar-refractivity contribution < 1.29 is 23.7 Å². The van der Waals surface area contributed by atoms with Crippen molar-refractivity contribution in [1.82, 2.24) is 0 Å². The van der Waals surface area contributed by atoms with E-state index in [-0.39, 0.29) is 37.7 Å². The molecule has 0 unspecified atom stereocenters. The summed E-state index contributed by atoms with van der Waals surface area (Å²) in [6, 6.07) is 6.78. The fourth-order valence-electron chi connectivity index (χ4n) is 4.01. The molecule has 2 aromatic rings. The first-order valence-corrected chi connectivity index (χ1v) is 9.64. The summed E-state index contributed by atoms with van der Waals surface area (Å²) in [4.78, 5) is 46.8. The summed E-state index contributed by atoms with van der Waals surface area (Å²) < 4.78 is 10.5. The summed E-state index contributed by atoms with van der Waals surface area (Å²) in [5.74, 6) is -2.06. The summed E-state index contributed by atoms with van der Waals surface area (Å²) >= 11 is 0. The van der Waals surface area contributed by atoms with E-state index in [1.807, 2.05) is 19.1 Å². The van der Waals surface area contributed by atoms with E-state index in [0.717, 1.165) is 12.0 Å². The van der Waals surface area contributed by atoms with Crippen LogP contribution >= 0.6 is 0 Å². The Morgan fingerprint density at radius 1 is 1.31 bits per heavy atom. The number of aryl methyl sites for hydroxylation is 1. The number of benzene rings is 1. The van der Waals surface area contributed by atoms with Crippen LogP contribution in [0.3, 0.4) is 0 Å². The van der Waals surface area contributed by atoms with Crippen molar-refractivity contribution in [3.8, 4) is 0 Å². The maximum atomic E-state index is 12.3. The van der Waals surface area contributed by atoms with E-state index >= 15 is 0 Å². The lowest BCUT2D eigenvalue weighted by molar-refractivity contribution is -0.490. The fraction of sp³-hybridized carbons (Fsp3) is 0.476. The molecule has 1 heterocycles. The fourth-order valence-corrected chi connectivity index (χ4v) is 4.01. The normalized spacial score (nSPS) is 21.4. The van der Waals surface area contributed by atoms with E-state index in [1.165, 1.54) is 6.07 Å². The molecule has 154 valence electrons. The average molecular weight is 401 g/mol. The molecule has 1 fully saturated rings. The van der Waals surface area contributed by atoms with Crippen LogP contribution in [0, 0.1) is 27.9 Å². The number of esters is 1. The van der Waals surface area contributed by atoms with E-state index in [4.69, 9.17) is 9.15 Å². The minimum atomic E-state index is -0.701. The number of Topliss-reactive ketones (excluding diaryl/α,β-unsaturated/α-hetero) is 1. The molecule has 0 N–H and O–H groups in total. The molecule has 29 heavy (non-hydrogen) atoms. The Balaban J connectivity index is 1.71. The van der Waals surface area contributed by atoms with Crippen molar-refractivity contribution >= 4 is 22.7 Å². The molecule has 0 amide bonds. The Morgan fingerprint density at radius 3 is 2.76 bits per heavy atom. The van der Waals surface area contributed by atoms with Gasteiger partial charge in [-0.25, -0.2) is 4.79 Å². The van der Waals surface area contributed by atoms with Crippen LogP contribution in [0.15, 0.2) is 33.5 Å². The number of ether oxygens (including phenoxy) is 1. The van der Waals surface area contributed by atoms with Crippen molar-refractivity contribution in [3.05, 3.63) is 55.9 Å². The van der Waals surface area contributed by atoms with Crippen LogP contribution in [0.25, 0.3) is 11.0 Å². The zero-order valence-electron chi connectivity index (χ0n) is 16.4. The van der Waals surface area contributed by atoms with Gasteiger partial charge in [-0.2, -0.15) is 0 Å². The summed E-state index contributed by atoms with van der Waals surface area (Å²) in [6.45, 7) is 3.30. The monoisotopic (exact) mass is 401 g/mol. The van der Waals surface area contributed by atoms with Gasteiger partial charge in [-0.1, -0.05) is 26.0 Å². The van der Waals surface area contributed by atoms with Gasteiger partial charge in [0.25, 0.3) is 0 Å². The number of nitro groups is 1. The third-order valence-corrected chi connectivity index (χ3v) is 5.62. The third-order valence-electron chi connectivity index (χ3n) is 5.62. The molecule has 8 heteroatoms. The van der Waals surface area contributed by atoms with Gasteiger partial charge >= 0.3 is 11.6 Å². The van der Waals surface area contributed by atoms with Gasteiger partial charge in [-0.15, -0.1) is 0 Å². The predicted molar refractivity (Wildman–Crippen MR) is 104 cm³/mol. The summed E-state index contributed by atoms with van der Waals surface area (Å²) in [6.07, 6.45) is 0.833. The first-order valence-electron chi connectivity index (χ1n) is 9.64. The van der Waals surface area contributed by atoms with Gasteiger partial charge in [-0.05, 0) is 24.0 Å². The van der Waals surface area contributed by atoms with Gasteiger partial charge in [0.2, 0.25) is 6.54 Å². The molecule has 0 saturated heterocycles. The molecule has 1 aromatic heterocycles. The number of carbonyl (C=O) groups excluding carboxylic acids is 2. The number of ketones is 1. The Labute approximate surface area is 167 Å². The quantitative estimate of drug-likeness (QED) is 0.303. The molecule has 1 aliphatic rings. The molecule has 3 rings (SSSR count). The van der Waals surface area contributed by atoms with E-state index in [2.05, 4.69) is 0 Å². The maximum Gasteiger partial charge on any atom is 0.336 e. The smallest absolute Gasteiger partial charge is 0.336 e. The molecule has 1 aromatic carbocycles. The number of fused-ring (bicyclic) bond motifs is 1. The minimum Gasteiger partial charge on any atom is -0.461 e. The van der Waals surface area contributed by atoms with E-state index in [1.54, 1.807) is 13.0 Å². The lowest BCUT2D eigenvalue weighted by Crippen LogP contribution is -2.27. The molecular weight excluding hydrogens is 378 g/mol. The van der Waals surface area contributed by atoms with Crippen LogP contribution in [0.5, 0.6) is 0 Å². The highest BCUT2D eigenvalue weighted by molar-refractivity contribution is 5.88. The standard InChI is InChI=1S/C21H23NO7/c1-3-13-4-5-15-14(8-21(25)29-19(15)7-13)11-28-20(24)9-16-17(10-22(26)27)12(2)6-18(16)23/h4-5,7-8,12,16-17H,3,6,9-11H2,1-2H3/t12-,16-,17+/m1/s1. The largest absolute Gasteiger partial charge is 0.461 e. The van der Waals surface area contributed by atoms with Gasteiger partial charge in [0, 0.05) is 40.2 Å². The SMILES string of the molecule is CCc1ccc2c(COC(=O)C[C@H]3C(=O)C[C@@H](C)[C@@H]3C[N+](=O)[O-])cc(=O)oc2c1. The van der Waals surface area contributed by atoms with Crippen LogP contribution in [-0.4, -0.2) is 23.2 Å². The Morgan fingerprint density at radius 2 is 2.07 bits per heavy atom. The second-order valence-corrected chi connectivity index (χ2v) is 7.57. The molecule has 3 atom stereocenters. The highest BCUT2D eigenvalue weighted by Crippen LogP contribution is 2.36. The number of rotatable bonds is 7. The van der Waals surface area contributed by atoms with Crippen molar-refractivity contribution in [3.63, 3.8) is 0 Å². The van der Waals surface area contributed by atoms with Gasteiger partial charge in [-0.3, -0.25) is 19.7 Å². The minimum absolute atomic E-state index is 0.136. The highest BCUT2D eigenvalue weighted by atomic mass is 16.6. The van der Waals surface area contributed by atoms with Crippen molar-refractivity contribution in [2.24, 2.45) is 17.8 Å². The number of nitrogens with zero attached hydrogens (tertiary/aromatic N) is 1. The number of hydrogen-bond donors (Lipinski definition) is 0. The number of carbonyl (C=O) groups is 2.